The first-order chi connectivity index (χ1) is 10.5. The predicted molar refractivity (Wildman–Crippen MR) is 86.9 cm³/mol. The number of nitrogens with two attached hydrogens (primary N) is 2. The Morgan fingerprint density at radius 1 is 1.36 bits per heavy atom. The number of aromatic nitrogens is 1. The van der Waals surface area contributed by atoms with Crippen molar-refractivity contribution in [3.05, 3.63) is 31.5 Å². The number of hydrogen-bond donors (Lipinski definition) is 3. The summed E-state index contributed by atoms with van der Waals surface area (Å²) < 4.78 is 4.85. The smallest absolute Gasteiger partial charge is 0.271 e. The second-order valence-electron chi connectivity index (χ2n) is 4.61. The van der Waals surface area contributed by atoms with Gasteiger partial charge in [0.2, 0.25) is 5.13 Å². The molecule has 0 aliphatic carbocycles. The normalized spacial score (nSPS) is 10.6. The fourth-order valence-corrected chi connectivity index (χ4v) is 2.68. The highest BCUT2D eigenvalue weighted by Gasteiger charge is 2.20. The molecule has 0 saturated heterocycles. The van der Waals surface area contributed by atoms with Gasteiger partial charge in [0.05, 0.1) is 12.8 Å². The number of methoxy groups -OCH3 is 1. The number of aryl methyl sites for hydroxylation is 1. The van der Waals surface area contributed by atoms with E-state index in [2.05, 4.69) is 15.3 Å². The number of anilines is 1. The van der Waals surface area contributed by atoms with Crippen LogP contribution >= 0.6 is 11.3 Å². The molecular formula is C13H17N5O3S. The van der Waals surface area contributed by atoms with Crippen molar-refractivity contribution in [2.24, 2.45) is 16.5 Å². The van der Waals surface area contributed by atoms with Crippen LogP contribution in [0.2, 0.25) is 0 Å². The van der Waals surface area contributed by atoms with Crippen LogP contribution in [0.15, 0.2) is 20.0 Å². The first kappa shape index (κ1) is 16.0. The second kappa shape index (κ2) is 7.03. The topological polar surface area (TPSA) is 133 Å². The van der Waals surface area contributed by atoms with Crippen molar-refractivity contribution >= 4 is 28.1 Å². The lowest BCUT2D eigenvalue weighted by atomic mass is 10.2. The van der Waals surface area contributed by atoms with Crippen LogP contribution in [0.3, 0.4) is 0 Å². The average molecular weight is 323 g/mol. The molecule has 0 atom stereocenters. The van der Waals surface area contributed by atoms with Crippen LogP contribution in [0.1, 0.15) is 18.5 Å². The van der Waals surface area contributed by atoms with Crippen LogP contribution in [0, 0.1) is 0 Å². The molecular weight excluding hydrogens is 306 g/mol. The van der Waals surface area contributed by atoms with E-state index in [1.54, 1.807) is 0 Å². The third kappa shape index (κ3) is 3.61. The lowest BCUT2D eigenvalue weighted by molar-refractivity contribution is 0.407. The van der Waals surface area contributed by atoms with Crippen molar-refractivity contribution in [1.29, 1.82) is 0 Å². The number of nitrogens with one attached hydrogen (secondary N) is 1. The minimum absolute atomic E-state index is 0.00738. The first-order valence-corrected chi connectivity index (χ1v) is 7.56. The van der Waals surface area contributed by atoms with Gasteiger partial charge in [-0.15, -0.1) is 11.3 Å². The summed E-state index contributed by atoms with van der Waals surface area (Å²) in [5, 5.41) is 5.38. The maximum atomic E-state index is 11.3. The van der Waals surface area contributed by atoms with Crippen LogP contribution in [-0.2, 0) is 6.42 Å². The number of hydrogen-bond acceptors (Lipinski definition) is 7. The standard InChI is InChI=1S/C13H17N5O3S/c1-21-11-8(9(19)10(11)20)16-5-3-2-4-7-6-22-13(17-7)18-12(14)15/h6,16H,2-5H2,1H3,(H4,14,15,17,18). The molecule has 22 heavy (non-hydrogen) atoms. The number of ether oxygens (including phenoxy) is 1. The summed E-state index contributed by atoms with van der Waals surface area (Å²) >= 11 is 1.38. The van der Waals surface area contributed by atoms with E-state index in [1.165, 1.54) is 18.4 Å². The average Bonchev–Trinajstić information content (AvgIpc) is 2.91. The van der Waals surface area contributed by atoms with Gasteiger partial charge in [-0.1, -0.05) is 0 Å². The monoisotopic (exact) mass is 323 g/mol. The number of nitrogens with zero attached hydrogens (tertiary/aromatic N) is 2. The summed E-state index contributed by atoms with van der Waals surface area (Å²) in [6.07, 6.45) is 2.51. The molecule has 0 spiro atoms. The zero-order chi connectivity index (χ0) is 16.1. The predicted octanol–water partition coefficient (Wildman–Crippen LogP) is 0.0874. The maximum Gasteiger partial charge on any atom is 0.271 e. The van der Waals surface area contributed by atoms with Crippen molar-refractivity contribution in [2.75, 3.05) is 19.0 Å². The third-order valence-corrected chi connectivity index (χ3v) is 3.78. The Hall–Kier alpha value is -2.42. The summed E-state index contributed by atoms with van der Waals surface area (Å²) in [5.74, 6) is 0.110. The SMILES string of the molecule is COc1c(NCCCCc2csc(N=C(N)N)n2)c(=O)c1=O. The van der Waals surface area contributed by atoms with Gasteiger partial charge in [0, 0.05) is 11.9 Å². The van der Waals surface area contributed by atoms with E-state index in [1.807, 2.05) is 5.38 Å². The van der Waals surface area contributed by atoms with E-state index in [0.717, 1.165) is 25.0 Å². The van der Waals surface area contributed by atoms with Crippen LogP contribution in [0.4, 0.5) is 10.8 Å². The minimum atomic E-state index is -0.570. The van der Waals surface area contributed by atoms with Crippen molar-refractivity contribution in [1.82, 2.24) is 4.98 Å². The van der Waals surface area contributed by atoms with Gasteiger partial charge in [0.15, 0.2) is 11.7 Å². The van der Waals surface area contributed by atoms with Crippen LogP contribution < -0.4 is 32.4 Å². The van der Waals surface area contributed by atoms with Crippen LogP contribution in [0.25, 0.3) is 0 Å². The lowest BCUT2D eigenvalue weighted by Crippen LogP contribution is -2.35. The molecule has 1 aromatic carbocycles. The van der Waals surface area contributed by atoms with E-state index in [-0.39, 0.29) is 17.4 Å². The first-order valence-electron chi connectivity index (χ1n) is 6.68. The van der Waals surface area contributed by atoms with Crippen molar-refractivity contribution in [3.8, 4) is 5.75 Å². The summed E-state index contributed by atoms with van der Waals surface area (Å²) in [6.45, 7) is 0.589. The zero-order valence-electron chi connectivity index (χ0n) is 12.1. The number of aliphatic imine (C=N–C) groups is 1. The summed E-state index contributed by atoms with van der Waals surface area (Å²) in [7, 11) is 1.37. The number of unbranched alkanes of at least 4 members (excludes halogenated alkanes) is 1. The Balaban J connectivity index is 1.73. The van der Waals surface area contributed by atoms with Gasteiger partial charge in [-0.2, -0.15) is 4.99 Å². The highest BCUT2D eigenvalue weighted by Crippen LogP contribution is 2.20. The second-order valence-corrected chi connectivity index (χ2v) is 5.45. The molecule has 1 heterocycles. The molecule has 0 bridgehead atoms. The molecule has 0 aliphatic heterocycles. The molecule has 0 fully saturated rings. The Kier molecular flexibility index (Phi) is 5.10. The molecule has 0 radical (unpaired) electrons. The van der Waals surface area contributed by atoms with E-state index in [4.69, 9.17) is 16.2 Å². The van der Waals surface area contributed by atoms with E-state index >= 15 is 0 Å². The maximum absolute atomic E-state index is 11.3. The third-order valence-electron chi connectivity index (χ3n) is 3.00. The minimum Gasteiger partial charge on any atom is -0.491 e. The van der Waals surface area contributed by atoms with Crippen molar-refractivity contribution in [2.45, 2.75) is 19.3 Å². The molecule has 5 N–H and O–H groups in total. The molecule has 9 heteroatoms. The van der Waals surface area contributed by atoms with Crippen molar-refractivity contribution < 1.29 is 4.74 Å². The highest BCUT2D eigenvalue weighted by atomic mass is 32.1. The summed E-state index contributed by atoms with van der Waals surface area (Å²) in [6, 6.07) is 0. The molecule has 118 valence electrons. The molecule has 0 unspecified atom stereocenters. The number of thiazole rings is 1. The van der Waals surface area contributed by atoms with Gasteiger partial charge in [-0.05, 0) is 19.3 Å². The molecule has 2 rings (SSSR count). The molecule has 2 aromatic rings. The fraction of sp³-hybridized carbons (Fsp3) is 0.385. The van der Waals surface area contributed by atoms with E-state index in [0.29, 0.717) is 11.7 Å². The van der Waals surface area contributed by atoms with Gasteiger partial charge in [0.25, 0.3) is 10.9 Å². The Morgan fingerprint density at radius 3 is 2.82 bits per heavy atom. The van der Waals surface area contributed by atoms with Crippen molar-refractivity contribution in [3.63, 3.8) is 0 Å². The molecule has 0 amide bonds. The largest absolute Gasteiger partial charge is 0.491 e. The summed E-state index contributed by atoms with van der Waals surface area (Å²) in [5.41, 5.74) is 10.7. The van der Waals surface area contributed by atoms with Crippen LogP contribution in [0.5, 0.6) is 5.75 Å². The van der Waals surface area contributed by atoms with Crippen LogP contribution in [-0.4, -0.2) is 24.6 Å². The van der Waals surface area contributed by atoms with Gasteiger partial charge in [-0.25, -0.2) is 4.98 Å². The Labute approximate surface area is 130 Å². The molecule has 1 aromatic heterocycles. The zero-order valence-corrected chi connectivity index (χ0v) is 12.9. The van der Waals surface area contributed by atoms with Gasteiger partial charge in [0.1, 0.15) is 5.69 Å². The van der Waals surface area contributed by atoms with E-state index in [9.17, 15) is 9.59 Å². The highest BCUT2D eigenvalue weighted by molar-refractivity contribution is 7.13. The lowest BCUT2D eigenvalue weighted by Gasteiger charge is -2.11. The Bertz CT molecular complexity index is 741. The molecule has 0 aliphatic rings. The quantitative estimate of drug-likeness (QED) is 0.271. The van der Waals surface area contributed by atoms with Gasteiger partial charge >= 0.3 is 0 Å². The van der Waals surface area contributed by atoms with E-state index < -0.39 is 10.9 Å². The molecule has 0 saturated carbocycles. The summed E-state index contributed by atoms with van der Waals surface area (Å²) in [4.78, 5) is 30.6. The fourth-order valence-electron chi connectivity index (χ4n) is 1.94. The van der Waals surface area contributed by atoms with Gasteiger partial charge in [-0.3, -0.25) is 9.59 Å². The number of guanidine groups is 1. The molecule has 8 nitrogen and oxygen atoms in total. The van der Waals surface area contributed by atoms with Gasteiger partial charge < -0.3 is 21.5 Å². The Morgan fingerprint density at radius 2 is 2.14 bits per heavy atom. The number of rotatable bonds is 8.